The van der Waals surface area contributed by atoms with Gasteiger partial charge in [0.15, 0.2) is 11.9 Å². The molecular formula is C13H22O3. The van der Waals surface area contributed by atoms with Gasteiger partial charge in [-0.3, -0.25) is 4.79 Å². The molecule has 1 rings (SSSR count). The largest absolute Gasteiger partial charge is 0.365 e. The van der Waals surface area contributed by atoms with Crippen molar-refractivity contribution in [2.75, 3.05) is 0 Å². The molecule has 0 aromatic carbocycles. The van der Waals surface area contributed by atoms with Gasteiger partial charge in [-0.05, 0) is 53.7 Å². The van der Waals surface area contributed by atoms with Crippen LogP contribution in [-0.2, 0) is 14.3 Å². The van der Waals surface area contributed by atoms with Crippen molar-refractivity contribution in [1.29, 1.82) is 0 Å². The number of hydrogen-bond donors (Lipinski definition) is 0. The molecule has 3 nitrogen and oxygen atoms in total. The minimum atomic E-state index is -0.501. The highest BCUT2D eigenvalue weighted by Gasteiger charge is 2.37. The zero-order valence-corrected chi connectivity index (χ0v) is 11.0. The van der Waals surface area contributed by atoms with Crippen molar-refractivity contribution in [2.24, 2.45) is 0 Å². The van der Waals surface area contributed by atoms with E-state index in [0.717, 1.165) is 0 Å². The molecule has 0 N–H and O–H groups in total. The molecule has 0 saturated carbocycles. The molecule has 0 radical (unpaired) electrons. The summed E-state index contributed by atoms with van der Waals surface area (Å²) in [4.78, 5) is 11.7. The zero-order valence-electron chi connectivity index (χ0n) is 11.0. The minimum Gasteiger partial charge on any atom is -0.365 e. The van der Waals surface area contributed by atoms with Gasteiger partial charge in [0.25, 0.3) is 0 Å². The topological polar surface area (TPSA) is 35.5 Å². The van der Waals surface area contributed by atoms with Crippen LogP contribution in [-0.4, -0.2) is 29.2 Å². The van der Waals surface area contributed by atoms with Crippen LogP contribution in [0.1, 0.15) is 41.5 Å². The van der Waals surface area contributed by atoms with Crippen LogP contribution in [0.5, 0.6) is 0 Å². The summed E-state index contributed by atoms with van der Waals surface area (Å²) in [5.41, 5.74) is -0.620. The third-order valence-electron chi connectivity index (χ3n) is 2.00. The number of hydrogen-bond acceptors (Lipinski definition) is 3. The van der Waals surface area contributed by atoms with Gasteiger partial charge in [-0.15, -0.1) is 0 Å². The van der Waals surface area contributed by atoms with E-state index in [1.165, 1.54) is 0 Å². The lowest BCUT2D eigenvalue weighted by Crippen LogP contribution is -2.41. The number of rotatable bonds is 2. The lowest BCUT2D eigenvalue weighted by molar-refractivity contribution is -0.158. The highest BCUT2D eigenvalue weighted by atomic mass is 16.6. The summed E-state index contributed by atoms with van der Waals surface area (Å²) in [6.07, 6.45) is 2.56. The molecule has 3 heteroatoms. The number of ketones is 1. The third kappa shape index (κ3) is 4.06. The van der Waals surface area contributed by atoms with Crippen LogP contribution in [0.2, 0.25) is 0 Å². The van der Waals surface area contributed by atoms with Crippen molar-refractivity contribution in [2.45, 2.75) is 65.0 Å². The maximum absolute atomic E-state index is 11.7. The van der Waals surface area contributed by atoms with Gasteiger partial charge in [-0.1, -0.05) is 0 Å². The number of carbonyl (C=O) groups is 1. The molecule has 2 unspecified atom stereocenters. The highest BCUT2D eigenvalue weighted by Crippen LogP contribution is 2.24. The minimum absolute atomic E-state index is 0.0100. The van der Waals surface area contributed by atoms with Gasteiger partial charge in [-0.2, -0.15) is 0 Å². The number of ether oxygens (including phenoxy) is 2. The molecule has 1 aliphatic carbocycles. The maximum Gasteiger partial charge on any atom is 0.187 e. The molecule has 0 amide bonds. The van der Waals surface area contributed by atoms with Crippen molar-refractivity contribution in [3.05, 3.63) is 12.2 Å². The Hall–Kier alpha value is -0.670. The predicted octanol–water partition coefficient (Wildman–Crippen LogP) is 2.49. The van der Waals surface area contributed by atoms with E-state index in [2.05, 4.69) is 0 Å². The van der Waals surface area contributed by atoms with E-state index in [9.17, 15) is 4.79 Å². The molecular weight excluding hydrogens is 204 g/mol. The molecule has 16 heavy (non-hydrogen) atoms. The fraction of sp³-hybridized carbons (Fsp3) is 0.769. The summed E-state index contributed by atoms with van der Waals surface area (Å²) in [6.45, 7) is 11.7. The molecule has 0 aliphatic heterocycles. The van der Waals surface area contributed by atoms with Crippen molar-refractivity contribution < 1.29 is 14.3 Å². The van der Waals surface area contributed by atoms with Gasteiger partial charge in [0, 0.05) is 0 Å². The summed E-state index contributed by atoms with van der Waals surface area (Å²) in [6, 6.07) is 0. The molecule has 0 aromatic heterocycles. The Kier molecular flexibility index (Phi) is 3.60. The predicted molar refractivity (Wildman–Crippen MR) is 63.4 cm³/mol. The van der Waals surface area contributed by atoms with Gasteiger partial charge >= 0.3 is 0 Å². The second-order valence-electron chi connectivity index (χ2n) is 6.11. The second-order valence-corrected chi connectivity index (χ2v) is 6.11. The molecule has 0 spiro atoms. The summed E-state index contributed by atoms with van der Waals surface area (Å²) < 4.78 is 11.5. The highest BCUT2D eigenvalue weighted by molar-refractivity contribution is 5.97. The molecule has 2 atom stereocenters. The van der Waals surface area contributed by atoms with Crippen LogP contribution in [0.4, 0.5) is 0 Å². The lowest BCUT2D eigenvalue weighted by Gasteiger charge is -2.31. The lowest BCUT2D eigenvalue weighted by atomic mass is 10.1. The summed E-state index contributed by atoms with van der Waals surface area (Å²) >= 11 is 0. The number of carbonyl (C=O) groups excluding carboxylic acids is 1. The molecule has 0 saturated heterocycles. The van der Waals surface area contributed by atoms with E-state index in [1.807, 2.05) is 41.5 Å². The first kappa shape index (κ1) is 13.4. The Morgan fingerprint density at radius 2 is 1.50 bits per heavy atom. The molecule has 0 aromatic rings. The Bertz CT molecular complexity index is 291. The van der Waals surface area contributed by atoms with Gasteiger partial charge in [0.05, 0.1) is 11.2 Å². The van der Waals surface area contributed by atoms with E-state index in [4.69, 9.17) is 9.47 Å². The van der Waals surface area contributed by atoms with Crippen LogP contribution in [0.15, 0.2) is 12.2 Å². The average Bonchev–Trinajstić information content (AvgIpc) is 2.30. The first-order chi connectivity index (χ1) is 7.08. The van der Waals surface area contributed by atoms with Crippen molar-refractivity contribution in [1.82, 2.24) is 0 Å². The van der Waals surface area contributed by atoms with Crippen LogP contribution < -0.4 is 0 Å². The fourth-order valence-electron chi connectivity index (χ4n) is 1.56. The molecule has 0 fully saturated rings. The van der Waals surface area contributed by atoms with Crippen molar-refractivity contribution in [3.8, 4) is 0 Å². The Morgan fingerprint density at radius 3 is 1.94 bits per heavy atom. The summed E-state index contributed by atoms with van der Waals surface area (Å²) in [5, 5.41) is 0. The Balaban J connectivity index is 2.70. The molecule has 92 valence electrons. The van der Waals surface area contributed by atoms with E-state index < -0.39 is 6.10 Å². The molecule has 1 aliphatic rings. The normalized spacial score (nSPS) is 26.5. The fourth-order valence-corrected chi connectivity index (χ4v) is 1.56. The van der Waals surface area contributed by atoms with Crippen LogP contribution in [0, 0.1) is 0 Å². The zero-order chi connectivity index (χ0) is 12.6. The van der Waals surface area contributed by atoms with Crippen LogP contribution in [0.3, 0.4) is 0 Å². The van der Waals surface area contributed by atoms with Crippen molar-refractivity contribution >= 4 is 5.78 Å². The summed E-state index contributed by atoms with van der Waals surface area (Å²) in [5.74, 6) is -0.0100. The Morgan fingerprint density at radius 1 is 1.00 bits per heavy atom. The van der Waals surface area contributed by atoms with Gasteiger partial charge in [0.2, 0.25) is 0 Å². The second kappa shape index (κ2) is 4.30. The van der Waals surface area contributed by atoms with Crippen LogP contribution in [0.25, 0.3) is 0 Å². The van der Waals surface area contributed by atoms with Crippen LogP contribution >= 0.6 is 0 Å². The monoisotopic (exact) mass is 226 g/mol. The average molecular weight is 226 g/mol. The van der Waals surface area contributed by atoms with Gasteiger partial charge in [-0.25, -0.2) is 0 Å². The molecule has 0 heterocycles. The first-order valence-electron chi connectivity index (χ1n) is 5.66. The third-order valence-corrected chi connectivity index (χ3v) is 2.00. The summed E-state index contributed by atoms with van der Waals surface area (Å²) in [7, 11) is 0. The maximum atomic E-state index is 11.7. The van der Waals surface area contributed by atoms with E-state index in [-0.39, 0.29) is 23.1 Å². The SMILES string of the molecule is CC(C)(C)OC1C=CC(=O)C1OC(C)(C)C. The molecule has 0 bridgehead atoms. The van der Waals surface area contributed by atoms with E-state index in [0.29, 0.717) is 0 Å². The quantitative estimate of drug-likeness (QED) is 0.725. The van der Waals surface area contributed by atoms with Gasteiger partial charge < -0.3 is 9.47 Å². The van der Waals surface area contributed by atoms with Gasteiger partial charge in [0.1, 0.15) is 6.10 Å². The van der Waals surface area contributed by atoms with Crippen molar-refractivity contribution in [3.63, 3.8) is 0 Å². The standard InChI is InChI=1S/C13H22O3/c1-12(2,3)15-10-8-7-9(14)11(10)16-13(4,5)6/h7-8,10-11H,1-6H3. The smallest absolute Gasteiger partial charge is 0.187 e. The first-order valence-corrected chi connectivity index (χ1v) is 5.66. The van der Waals surface area contributed by atoms with E-state index in [1.54, 1.807) is 12.2 Å². The van der Waals surface area contributed by atoms with E-state index >= 15 is 0 Å². The Labute approximate surface area is 97.8 Å².